The highest BCUT2D eigenvalue weighted by Crippen LogP contribution is 2.26. The molecule has 164 valence electrons. The van der Waals surface area contributed by atoms with Crippen molar-refractivity contribution in [1.82, 2.24) is 29.7 Å². The number of fused-ring (bicyclic) bond motifs is 1. The summed E-state index contributed by atoms with van der Waals surface area (Å²) in [5, 5.41) is 14.4. The summed E-state index contributed by atoms with van der Waals surface area (Å²) in [6, 6.07) is 8.40. The van der Waals surface area contributed by atoms with Gasteiger partial charge in [-0.1, -0.05) is 11.6 Å². The first-order valence-corrected chi connectivity index (χ1v) is 10.1. The quantitative estimate of drug-likeness (QED) is 0.464. The molecule has 4 aromatic heterocycles. The van der Waals surface area contributed by atoms with Crippen LogP contribution in [-0.4, -0.2) is 49.8 Å². The van der Waals surface area contributed by atoms with Crippen LogP contribution in [0, 0.1) is 6.92 Å². The van der Waals surface area contributed by atoms with Crippen LogP contribution in [0.4, 0.5) is 5.69 Å². The van der Waals surface area contributed by atoms with E-state index in [4.69, 9.17) is 16.3 Å². The van der Waals surface area contributed by atoms with E-state index in [0.717, 1.165) is 5.52 Å². The predicted octanol–water partition coefficient (Wildman–Crippen LogP) is 2.89. The average molecular weight is 454 g/mol. The minimum atomic E-state index is -0.525. The molecule has 4 aromatic rings. The largest absolute Gasteiger partial charge is 0.480 e. The molecule has 0 unspecified atom stereocenters. The summed E-state index contributed by atoms with van der Waals surface area (Å²) in [5.41, 5.74) is 2.10. The third kappa shape index (κ3) is 3.76. The lowest BCUT2D eigenvalue weighted by molar-refractivity contribution is 0.0949. The van der Waals surface area contributed by atoms with Crippen molar-refractivity contribution >= 4 is 34.6 Å². The van der Waals surface area contributed by atoms with Gasteiger partial charge in [-0.3, -0.25) is 9.59 Å². The van der Waals surface area contributed by atoms with Crippen LogP contribution >= 0.6 is 11.6 Å². The van der Waals surface area contributed by atoms with Gasteiger partial charge in [0.05, 0.1) is 29.5 Å². The number of aryl methyl sites for hydroxylation is 1. The number of methoxy groups -OCH3 is 1. The van der Waals surface area contributed by atoms with Gasteiger partial charge in [0.15, 0.2) is 11.5 Å². The van der Waals surface area contributed by atoms with Gasteiger partial charge in [0, 0.05) is 18.8 Å². The Morgan fingerprint density at radius 2 is 2.00 bits per heavy atom. The third-order valence-corrected chi connectivity index (χ3v) is 5.03. The number of pyridine rings is 2. The molecule has 0 aliphatic carbocycles. The number of nitrogens with zero attached hydrogens (tertiary/aromatic N) is 5. The summed E-state index contributed by atoms with van der Waals surface area (Å²) in [6.07, 6.45) is 3.13. The Labute approximate surface area is 188 Å². The Hall–Kier alpha value is -3.92. The molecular weight excluding hydrogens is 434 g/mol. The highest BCUT2D eigenvalue weighted by atomic mass is 35.5. The fraction of sp³-hybridized carbons (Fsp3) is 0.190. The minimum absolute atomic E-state index is 0.129. The molecule has 2 amide bonds. The fourth-order valence-electron chi connectivity index (χ4n) is 3.30. The number of amides is 2. The topological polar surface area (TPSA) is 115 Å². The van der Waals surface area contributed by atoms with Crippen molar-refractivity contribution in [2.24, 2.45) is 0 Å². The minimum Gasteiger partial charge on any atom is -0.480 e. The molecule has 32 heavy (non-hydrogen) atoms. The smallest absolute Gasteiger partial charge is 0.274 e. The second kappa shape index (κ2) is 8.67. The van der Waals surface area contributed by atoms with E-state index in [1.54, 1.807) is 37.5 Å². The predicted molar refractivity (Wildman–Crippen MR) is 119 cm³/mol. The Morgan fingerprint density at radius 1 is 1.19 bits per heavy atom. The van der Waals surface area contributed by atoms with E-state index in [1.165, 1.54) is 22.4 Å². The zero-order valence-corrected chi connectivity index (χ0v) is 18.3. The maximum atomic E-state index is 13.3. The van der Waals surface area contributed by atoms with Gasteiger partial charge in [-0.05, 0) is 43.7 Å². The van der Waals surface area contributed by atoms with Crippen LogP contribution in [0.1, 0.15) is 33.5 Å². The molecule has 10 nitrogen and oxygen atoms in total. The highest BCUT2D eigenvalue weighted by molar-refractivity contribution is 6.32. The van der Waals surface area contributed by atoms with E-state index in [-0.39, 0.29) is 29.0 Å². The van der Waals surface area contributed by atoms with Crippen LogP contribution in [0.15, 0.2) is 42.7 Å². The van der Waals surface area contributed by atoms with Crippen molar-refractivity contribution in [2.45, 2.75) is 13.8 Å². The molecule has 0 atom stereocenters. The van der Waals surface area contributed by atoms with E-state index in [9.17, 15) is 9.59 Å². The Morgan fingerprint density at radius 3 is 2.72 bits per heavy atom. The fourth-order valence-corrected chi connectivity index (χ4v) is 3.50. The molecule has 4 rings (SSSR count). The molecular formula is C21H20ClN7O3. The summed E-state index contributed by atoms with van der Waals surface area (Å²) in [5.74, 6) is -0.410. The van der Waals surface area contributed by atoms with Gasteiger partial charge in [0.1, 0.15) is 5.69 Å². The number of hydrogen-bond donors (Lipinski definition) is 2. The number of anilines is 1. The molecule has 0 fully saturated rings. The van der Waals surface area contributed by atoms with Gasteiger partial charge in [0.2, 0.25) is 5.88 Å². The summed E-state index contributed by atoms with van der Waals surface area (Å²) < 4.78 is 7.98. The lowest BCUT2D eigenvalue weighted by Crippen LogP contribution is -2.28. The van der Waals surface area contributed by atoms with Crippen LogP contribution in [0.3, 0.4) is 0 Å². The third-order valence-electron chi connectivity index (χ3n) is 4.74. The lowest BCUT2D eigenvalue weighted by atomic mass is 10.1. The standard InChI is InChI=1S/C21H20ClN7O3/c1-4-23-21(31)18-17(12(2)10-13-7-9-25-28(13)18)26-20(30)15-11-16(32-3)27-29(15)19-14(22)6-5-8-24-19/h5-11H,4H2,1-3H3,(H,23,31)(H,26,30). The van der Waals surface area contributed by atoms with Gasteiger partial charge >= 0.3 is 0 Å². The molecule has 0 aliphatic heterocycles. The number of hydrogen-bond acceptors (Lipinski definition) is 6. The van der Waals surface area contributed by atoms with Gasteiger partial charge < -0.3 is 15.4 Å². The molecule has 0 aliphatic rings. The normalized spacial score (nSPS) is 10.9. The number of carbonyl (C=O) groups excluding carboxylic acids is 2. The number of halogens is 1. The molecule has 11 heteroatoms. The first-order chi connectivity index (χ1) is 15.4. The molecule has 4 heterocycles. The number of ether oxygens (including phenoxy) is 1. The van der Waals surface area contributed by atoms with Gasteiger partial charge in [-0.2, -0.15) is 5.10 Å². The molecule has 0 bridgehead atoms. The maximum absolute atomic E-state index is 13.3. The second-order valence-corrected chi connectivity index (χ2v) is 7.23. The molecule has 2 N–H and O–H groups in total. The van der Waals surface area contributed by atoms with Crippen molar-refractivity contribution < 1.29 is 14.3 Å². The van der Waals surface area contributed by atoms with Gasteiger partial charge in [-0.15, -0.1) is 5.10 Å². The van der Waals surface area contributed by atoms with E-state index in [2.05, 4.69) is 25.8 Å². The Balaban J connectivity index is 1.81. The summed E-state index contributed by atoms with van der Waals surface area (Å²) in [7, 11) is 1.44. The molecule has 0 aromatic carbocycles. The van der Waals surface area contributed by atoms with Crippen molar-refractivity contribution in [1.29, 1.82) is 0 Å². The highest BCUT2D eigenvalue weighted by Gasteiger charge is 2.24. The van der Waals surface area contributed by atoms with Crippen LogP contribution in [0.25, 0.3) is 11.3 Å². The lowest BCUT2D eigenvalue weighted by Gasteiger charge is -2.16. The average Bonchev–Trinajstić information content (AvgIpc) is 3.41. The van der Waals surface area contributed by atoms with Crippen molar-refractivity contribution in [3.05, 3.63) is 64.7 Å². The van der Waals surface area contributed by atoms with E-state index in [0.29, 0.717) is 22.8 Å². The Kier molecular flexibility index (Phi) is 5.78. The van der Waals surface area contributed by atoms with Gasteiger partial charge in [0.25, 0.3) is 11.8 Å². The maximum Gasteiger partial charge on any atom is 0.274 e. The second-order valence-electron chi connectivity index (χ2n) is 6.82. The first-order valence-electron chi connectivity index (χ1n) is 9.76. The van der Waals surface area contributed by atoms with Crippen molar-refractivity contribution in [3.63, 3.8) is 0 Å². The van der Waals surface area contributed by atoms with Crippen molar-refractivity contribution in [2.75, 3.05) is 19.0 Å². The monoisotopic (exact) mass is 453 g/mol. The zero-order valence-electron chi connectivity index (χ0n) is 17.6. The number of carbonyl (C=O) groups is 2. The van der Waals surface area contributed by atoms with Crippen LogP contribution in [0.2, 0.25) is 5.02 Å². The van der Waals surface area contributed by atoms with E-state index < -0.39 is 5.91 Å². The summed E-state index contributed by atoms with van der Waals surface area (Å²) in [4.78, 5) is 30.4. The molecule has 0 spiro atoms. The summed E-state index contributed by atoms with van der Waals surface area (Å²) >= 11 is 6.27. The zero-order chi connectivity index (χ0) is 22.8. The number of rotatable bonds is 6. The molecule has 0 saturated carbocycles. The van der Waals surface area contributed by atoms with Gasteiger partial charge in [-0.25, -0.2) is 14.2 Å². The number of nitrogens with one attached hydrogen (secondary N) is 2. The van der Waals surface area contributed by atoms with Crippen molar-refractivity contribution in [3.8, 4) is 11.7 Å². The SMILES string of the molecule is CCNC(=O)c1c(NC(=O)c2cc(OC)nn2-c2ncccc2Cl)c(C)cc2ccnn12. The molecule has 0 radical (unpaired) electrons. The van der Waals surface area contributed by atoms with Crippen LogP contribution < -0.4 is 15.4 Å². The summed E-state index contributed by atoms with van der Waals surface area (Å²) in [6.45, 7) is 4.04. The van der Waals surface area contributed by atoms with Crippen LogP contribution in [0.5, 0.6) is 5.88 Å². The van der Waals surface area contributed by atoms with E-state index in [1.807, 2.05) is 13.0 Å². The van der Waals surface area contributed by atoms with E-state index >= 15 is 0 Å². The number of aromatic nitrogens is 5. The molecule has 0 saturated heterocycles. The first kappa shape index (κ1) is 21.3. The van der Waals surface area contributed by atoms with Crippen LogP contribution in [-0.2, 0) is 0 Å². The Bertz CT molecular complexity index is 1330.